The largest absolute Gasteiger partial charge is 0.326 e. The van der Waals surface area contributed by atoms with E-state index >= 15 is 0 Å². The molecule has 142 valence electrons. The number of urea groups is 1. The Morgan fingerprint density at radius 2 is 1.96 bits per heavy atom. The van der Waals surface area contributed by atoms with E-state index in [1.807, 2.05) is 0 Å². The molecular weight excluding hydrogens is 346 g/mol. The summed E-state index contributed by atoms with van der Waals surface area (Å²) in [6.45, 7) is 4.34. The first-order chi connectivity index (χ1) is 12.9. The predicted octanol–water partition coefficient (Wildman–Crippen LogP) is 2.45. The number of rotatable bonds is 3. The van der Waals surface area contributed by atoms with Crippen molar-refractivity contribution in [3.63, 3.8) is 0 Å². The summed E-state index contributed by atoms with van der Waals surface area (Å²) in [5, 5.41) is 5.56. The molecule has 1 aliphatic heterocycles. The fourth-order valence-electron chi connectivity index (χ4n) is 3.30. The highest BCUT2D eigenvalue weighted by Gasteiger charge is 2.26. The average molecular weight is 369 g/mol. The minimum absolute atomic E-state index is 0.0382. The Bertz CT molecular complexity index is 908. The lowest BCUT2D eigenvalue weighted by Crippen LogP contribution is -2.42. The Morgan fingerprint density at radius 3 is 2.67 bits per heavy atom. The second-order valence-electron chi connectivity index (χ2n) is 6.73. The zero-order chi connectivity index (χ0) is 19.4. The van der Waals surface area contributed by atoms with Gasteiger partial charge in [-0.05, 0) is 38.0 Å². The lowest BCUT2D eigenvalue weighted by atomic mass is 9.94. The van der Waals surface area contributed by atoms with Crippen molar-refractivity contribution in [1.29, 1.82) is 0 Å². The number of aromatic nitrogens is 2. The van der Waals surface area contributed by atoms with Crippen LogP contribution in [0.4, 0.5) is 16.2 Å². The minimum Gasteiger partial charge on any atom is -0.326 e. The zero-order valence-electron chi connectivity index (χ0n) is 15.4. The summed E-state index contributed by atoms with van der Waals surface area (Å²) in [5.41, 5.74) is 1.79. The average Bonchev–Trinajstić information content (AvgIpc) is 2.61. The lowest BCUT2D eigenvalue weighted by molar-refractivity contribution is -0.114. The number of nitrogens with zero attached hydrogens (tertiary/aromatic N) is 2. The monoisotopic (exact) mass is 369 g/mol. The Morgan fingerprint density at radius 1 is 1.22 bits per heavy atom. The van der Waals surface area contributed by atoms with Crippen molar-refractivity contribution in [1.82, 2.24) is 14.9 Å². The van der Waals surface area contributed by atoms with Crippen molar-refractivity contribution in [3.8, 4) is 0 Å². The quantitative estimate of drug-likeness (QED) is 0.772. The normalized spacial score (nSPS) is 16.7. The number of likely N-dealkylation sites (tertiary alicyclic amines) is 1. The van der Waals surface area contributed by atoms with Crippen LogP contribution in [0.15, 0.2) is 35.1 Å². The highest BCUT2D eigenvalue weighted by molar-refractivity contribution is 5.92. The number of amides is 3. The van der Waals surface area contributed by atoms with Crippen LogP contribution in [0.5, 0.6) is 0 Å². The lowest BCUT2D eigenvalue weighted by Gasteiger charge is -2.32. The summed E-state index contributed by atoms with van der Waals surface area (Å²) < 4.78 is 0. The molecule has 0 spiro atoms. The van der Waals surface area contributed by atoms with Gasteiger partial charge in [0.25, 0.3) is 5.56 Å². The summed E-state index contributed by atoms with van der Waals surface area (Å²) in [5.74, 6) is 0.447. The predicted molar refractivity (Wildman–Crippen MR) is 103 cm³/mol. The summed E-state index contributed by atoms with van der Waals surface area (Å²) in [7, 11) is 0. The van der Waals surface area contributed by atoms with Crippen molar-refractivity contribution in [2.75, 3.05) is 23.7 Å². The summed E-state index contributed by atoms with van der Waals surface area (Å²) in [6, 6.07) is 8.31. The van der Waals surface area contributed by atoms with Crippen LogP contribution in [0.25, 0.3) is 0 Å². The summed E-state index contributed by atoms with van der Waals surface area (Å²) >= 11 is 0. The van der Waals surface area contributed by atoms with Gasteiger partial charge in [0.05, 0.1) is 5.69 Å². The van der Waals surface area contributed by atoms with E-state index in [0.29, 0.717) is 30.3 Å². The number of anilines is 2. The second kappa shape index (κ2) is 8.03. The van der Waals surface area contributed by atoms with Crippen LogP contribution in [0.3, 0.4) is 0 Å². The number of hydrogen-bond acceptors (Lipinski definition) is 4. The van der Waals surface area contributed by atoms with Crippen LogP contribution >= 0.6 is 0 Å². The number of H-pyrrole nitrogens is 1. The van der Waals surface area contributed by atoms with Crippen molar-refractivity contribution in [2.24, 2.45) is 0 Å². The van der Waals surface area contributed by atoms with Crippen molar-refractivity contribution in [2.45, 2.75) is 32.6 Å². The minimum atomic E-state index is -0.207. The number of aromatic amines is 1. The molecule has 2 heterocycles. The molecule has 1 aromatic heterocycles. The smallest absolute Gasteiger partial charge is 0.321 e. The molecule has 8 nitrogen and oxygen atoms in total. The number of benzene rings is 1. The topological polar surface area (TPSA) is 107 Å². The number of piperidine rings is 1. The van der Waals surface area contributed by atoms with Crippen LogP contribution in [0.1, 0.15) is 37.2 Å². The maximum Gasteiger partial charge on any atom is 0.321 e. The molecule has 8 heteroatoms. The standard InChI is InChI=1S/C19H23N5O3/c1-12-20-17(10-18(26)21-12)14-5-4-8-24(11-14)19(27)23-16-7-3-6-15(9-16)22-13(2)25/h3,6-7,9-10,14H,4-5,8,11H2,1-2H3,(H,22,25)(H,23,27)(H,20,21,26)/t14-/m0/s1. The maximum absolute atomic E-state index is 12.7. The number of carbonyl (C=O) groups excluding carboxylic acids is 2. The van der Waals surface area contributed by atoms with Gasteiger partial charge in [-0.25, -0.2) is 9.78 Å². The number of hydrogen-bond donors (Lipinski definition) is 3. The van der Waals surface area contributed by atoms with Crippen LogP contribution < -0.4 is 16.2 Å². The highest BCUT2D eigenvalue weighted by atomic mass is 16.2. The van der Waals surface area contributed by atoms with E-state index in [2.05, 4.69) is 20.6 Å². The second-order valence-corrected chi connectivity index (χ2v) is 6.73. The Balaban J connectivity index is 1.68. The summed E-state index contributed by atoms with van der Waals surface area (Å²) in [4.78, 5) is 44.3. The molecule has 1 atom stereocenters. The van der Waals surface area contributed by atoms with E-state index in [1.165, 1.54) is 13.0 Å². The van der Waals surface area contributed by atoms with Crippen molar-refractivity contribution in [3.05, 3.63) is 52.2 Å². The van der Waals surface area contributed by atoms with Crippen molar-refractivity contribution < 1.29 is 9.59 Å². The van der Waals surface area contributed by atoms with Gasteiger partial charge >= 0.3 is 6.03 Å². The van der Waals surface area contributed by atoms with Crippen LogP contribution in [0, 0.1) is 6.92 Å². The van der Waals surface area contributed by atoms with E-state index in [9.17, 15) is 14.4 Å². The third-order valence-electron chi connectivity index (χ3n) is 4.44. The Labute approximate surface area is 157 Å². The molecule has 0 bridgehead atoms. The first kappa shape index (κ1) is 18.6. The number of nitrogens with one attached hydrogen (secondary N) is 3. The fourth-order valence-corrected chi connectivity index (χ4v) is 3.30. The summed E-state index contributed by atoms with van der Waals surface area (Å²) in [6.07, 6.45) is 1.73. The van der Waals surface area contributed by atoms with E-state index in [1.54, 1.807) is 36.1 Å². The van der Waals surface area contributed by atoms with Gasteiger partial charge in [0.1, 0.15) is 5.82 Å². The molecule has 1 saturated heterocycles. The molecule has 0 saturated carbocycles. The molecule has 2 aromatic rings. The van der Waals surface area contributed by atoms with Gasteiger partial charge in [-0.3, -0.25) is 9.59 Å². The van der Waals surface area contributed by atoms with Gasteiger partial charge in [0.15, 0.2) is 0 Å². The Kier molecular flexibility index (Phi) is 5.54. The Hall–Kier alpha value is -3.16. The number of aryl methyl sites for hydroxylation is 1. The van der Waals surface area contributed by atoms with Crippen LogP contribution in [0.2, 0.25) is 0 Å². The zero-order valence-corrected chi connectivity index (χ0v) is 15.4. The van der Waals surface area contributed by atoms with E-state index in [0.717, 1.165) is 18.5 Å². The molecule has 27 heavy (non-hydrogen) atoms. The van der Waals surface area contributed by atoms with Gasteiger partial charge in [-0.2, -0.15) is 0 Å². The van der Waals surface area contributed by atoms with Gasteiger partial charge in [-0.1, -0.05) is 6.07 Å². The van der Waals surface area contributed by atoms with Gasteiger partial charge in [0.2, 0.25) is 5.91 Å². The molecule has 3 amide bonds. The van der Waals surface area contributed by atoms with E-state index in [4.69, 9.17) is 0 Å². The third-order valence-corrected chi connectivity index (χ3v) is 4.44. The molecule has 1 fully saturated rings. The third kappa shape index (κ3) is 4.93. The first-order valence-corrected chi connectivity index (χ1v) is 8.92. The van der Waals surface area contributed by atoms with Crippen molar-refractivity contribution >= 4 is 23.3 Å². The molecule has 0 aliphatic carbocycles. The van der Waals surface area contributed by atoms with Crippen LogP contribution in [-0.4, -0.2) is 39.9 Å². The van der Waals surface area contributed by atoms with E-state index < -0.39 is 0 Å². The number of carbonyl (C=O) groups is 2. The van der Waals surface area contributed by atoms with Gasteiger partial charge < -0.3 is 20.5 Å². The molecule has 0 radical (unpaired) electrons. The van der Waals surface area contributed by atoms with Gasteiger partial charge in [0, 0.05) is 43.4 Å². The first-order valence-electron chi connectivity index (χ1n) is 8.92. The highest BCUT2D eigenvalue weighted by Crippen LogP contribution is 2.25. The SMILES string of the molecule is CC(=O)Nc1cccc(NC(=O)N2CCC[C@H](c3cc(=O)[nH]c(C)n3)C2)c1. The molecule has 3 rings (SSSR count). The molecule has 1 aliphatic rings. The molecule has 0 unspecified atom stereocenters. The van der Waals surface area contributed by atoms with Gasteiger partial charge in [-0.15, -0.1) is 0 Å². The fraction of sp³-hybridized carbons (Fsp3) is 0.368. The van der Waals surface area contributed by atoms with E-state index in [-0.39, 0.29) is 23.4 Å². The maximum atomic E-state index is 12.7. The molecular formula is C19H23N5O3. The molecule has 3 N–H and O–H groups in total. The molecule has 1 aromatic carbocycles. The van der Waals surface area contributed by atoms with Crippen LogP contribution in [-0.2, 0) is 4.79 Å².